The monoisotopic (exact) mass is 509 g/mol. The summed E-state index contributed by atoms with van der Waals surface area (Å²) in [5, 5.41) is 10.6. The van der Waals surface area contributed by atoms with Gasteiger partial charge in [0.2, 0.25) is 5.16 Å². The largest absolute Gasteiger partial charge is 0.497 e. The summed E-state index contributed by atoms with van der Waals surface area (Å²) in [6.45, 7) is 3.47. The number of hydrogen-bond acceptors (Lipinski definition) is 8. The van der Waals surface area contributed by atoms with Crippen molar-refractivity contribution < 1.29 is 28.3 Å². The van der Waals surface area contributed by atoms with Crippen molar-refractivity contribution in [1.82, 2.24) is 14.5 Å². The van der Waals surface area contributed by atoms with Gasteiger partial charge in [-0.3, -0.25) is 13.8 Å². The molecule has 10 heteroatoms. The molecule has 0 saturated carbocycles. The van der Waals surface area contributed by atoms with E-state index in [9.17, 15) is 14.1 Å². The van der Waals surface area contributed by atoms with Gasteiger partial charge in [-0.05, 0) is 31.5 Å². The fourth-order valence-corrected chi connectivity index (χ4v) is 5.16. The number of aliphatic hydroxyl groups excluding tert-OH is 1. The zero-order chi connectivity index (χ0) is 25.8. The molecule has 0 unspecified atom stereocenters. The summed E-state index contributed by atoms with van der Waals surface area (Å²) in [6.07, 6.45) is 0.232. The molecule has 0 saturated heterocycles. The minimum absolute atomic E-state index is 0.0868. The third-order valence-electron chi connectivity index (χ3n) is 5.82. The third-order valence-corrected chi connectivity index (χ3v) is 7.07. The molecule has 4 aromatic rings. The molecular formula is C26H27N3O6S. The van der Waals surface area contributed by atoms with Crippen molar-refractivity contribution >= 4 is 27.8 Å². The Kier molecular flexibility index (Phi) is 7.66. The van der Waals surface area contributed by atoms with Crippen LogP contribution in [0.5, 0.6) is 11.5 Å². The van der Waals surface area contributed by atoms with Crippen molar-refractivity contribution in [3.05, 3.63) is 77.1 Å². The number of carbonyl (C=O) groups excluding carboxylic acids is 1. The molecule has 2 aromatic carbocycles. The highest BCUT2D eigenvalue weighted by atomic mass is 32.2. The smallest absolute Gasteiger partial charge is 0.341 e. The Hall–Kier alpha value is -3.76. The zero-order valence-corrected chi connectivity index (χ0v) is 21.2. The van der Waals surface area contributed by atoms with Gasteiger partial charge in [-0.15, -0.1) is 0 Å². The Morgan fingerprint density at radius 1 is 1.11 bits per heavy atom. The van der Waals surface area contributed by atoms with E-state index in [2.05, 4.69) is 9.97 Å². The second-order valence-electron chi connectivity index (χ2n) is 8.12. The molecule has 0 aliphatic carbocycles. The summed E-state index contributed by atoms with van der Waals surface area (Å²) >= 11 is 0. The lowest BCUT2D eigenvalue weighted by molar-refractivity contribution is -0.158. The SMILES string of the molecule is COc1ccc2nc([S@](=O)Cc3ncc(C)c(OC)c3C)n(COC(=O)[C@@H](O)c3ccccc3)c2c1. The molecule has 2 atom stereocenters. The fraction of sp³-hybridized carbons (Fsp3) is 0.269. The lowest BCUT2D eigenvalue weighted by atomic mass is 10.1. The van der Waals surface area contributed by atoms with Gasteiger partial charge in [0.15, 0.2) is 12.8 Å². The lowest BCUT2D eigenvalue weighted by Crippen LogP contribution is -2.19. The maximum Gasteiger partial charge on any atom is 0.341 e. The number of ether oxygens (including phenoxy) is 3. The van der Waals surface area contributed by atoms with Crippen LogP contribution in [0.1, 0.15) is 28.5 Å². The normalized spacial score (nSPS) is 12.8. The maximum absolute atomic E-state index is 13.5. The Morgan fingerprint density at radius 3 is 2.56 bits per heavy atom. The van der Waals surface area contributed by atoms with Gasteiger partial charge >= 0.3 is 5.97 Å². The molecule has 0 amide bonds. The van der Waals surface area contributed by atoms with Gasteiger partial charge in [-0.25, -0.2) is 9.78 Å². The number of methoxy groups -OCH3 is 2. The molecular weight excluding hydrogens is 482 g/mol. The second-order valence-corrected chi connectivity index (χ2v) is 9.46. The predicted octanol–water partition coefficient (Wildman–Crippen LogP) is 3.61. The van der Waals surface area contributed by atoms with Crippen LogP contribution in [0, 0.1) is 13.8 Å². The van der Waals surface area contributed by atoms with Crippen LogP contribution >= 0.6 is 0 Å². The molecule has 36 heavy (non-hydrogen) atoms. The Bertz CT molecular complexity index is 1420. The van der Waals surface area contributed by atoms with Gasteiger partial charge in [0.1, 0.15) is 11.5 Å². The maximum atomic E-state index is 13.5. The number of aryl methyl sites for hydroxylation is 1. The molecule has 0 aliphatic rings. The zero-order valence-electron chi connectivity index (χ0n) is 20.4. The van der Waals surface area contributed by atoms with E-state index in [1.165, 1.54) is 7.11 Å². The van der Waals surface area contributed by atoms with Crippen LogP contribution < -0.4 is 9.47 Å². The average Bonchev–Trinajstić information content (AvgIpc) is 3.27. The average molecular weight is 510 g/mol. The number of esters is 1. The van der Waals surface area contributed by atoms with Crippen molar-refractivity contribution in [3.63, 3.8) is 0 Å². The summed E-state index contributed by atoms with van der Waals surface area (Å²) in [7, 11) is 1.49. The van der Waals surface area contributed by atoms with Crippen LogP contribution in [-0.4, -0.2) is 44.0 Å². The number of aromatic nitrogens is 3. The molecule has 9 nitrogen and oxygen atoms in total. The van der Waals surface area contributed by atoms with Crippen molar-refractivity contribution in [3.8, 4) is 11.5 Å². The Labute approximate surface area is 211 Å². The number of fused-ring (bicyclic) bond motifs is 1. The number of hydrogen-bond donors (Lipinski definition) is 1. The van der Waals surface area contributed by atoms with Crippen molar-refractivity contribution in [2.75, 3.05) is 14.2 Å². The van der Waals surface area contributed by atoms with Gasteiger partial charge in [-0.2, -0.15) is 0 Å². The highest BCUT2D eigenvalue weighted by Gasteiger charge is 2.23. The first-order chi connectivity index (χ1) is 17.3. The summed E-state index contributed by atoms with van der Waals surface area (Å²) in [5.74, 6) is 0.517. The minimum Gasteiger partial charge on any atom is -0.497 e. The van der Waals surface area contributed by atoms with E-state index >= 15 is 0 Å². The second kappa shape index (κ2) is 10.9. The summed E-state index contributed by atoms with van der Waals surface area (Å²) in [6, 6.07) is 13.7. The van der Waals surface area contributed by atoms with Gasteiger partial charge in [0.25, 0.3) is 0 Å². The molecule has 0 spiro atoms. The van der Waals surface area contributed by atoms with E-state index in [0.717, 1.165) is 11.1 Å². The van der Waals surface area contributed by atoms with Gasteiger partial charge in [0, 0.05) is 23.4 Å². The number of benzene rings is 2. The fourth-order valence-electron chi connectivity index (χ4n) is 3.89. The lowest BCUT2D eigenvalue weighted by Gasteiger charge is -2.14. The highest BCUT2D eigenvalue weighted by molar-refractivity contribution is 7.84. The van der Waals surface area contributed by atoms with Gasteiger partial charge < -0.3 is 19.3 Å². The Balaban J connectivity index is 1.65. The number of rotatable bonds is 9. The molecule has 0 bridgehead atoms. The van der Waals surface area contributed by atoms with E-state index in [1.54, 1.807) is 66.4 Å². The van der Waals surface area contributed by atoms with Crippen molar-refractivity contribution in [2.24, 2.45) is 0 Å². The number of pyridine rings is 1. The van der Waals surface area contributed by atoms with Crippen LogP contribution in [0.4, 0.5) is 0 Å². The van der Waals surface area contributed by atoms with Crippen LogP contribution in [0.3, 0.4) is 0 Å². The highest BCUT2D eigenvalue weighted by Crippen LogP contribution is 2.28. The topological polar surface area (TPSA) is 113 Å². The minimum atomic E-state index is -1.64. The molecule has 2 heterocycles. The van der Waals surface area contributed by atoms with Crippen LogP contribution in [0.2, 0.25) is 0 Å². The molecule has 4 rings (SSSR count). The standard InChI is InChI=1S/C26H27N3O6S/c1-16-13-27-21(17(2)24(16)34-4)14-36(32)26-28-20-11-10-19(33-3)12-22(20)29(26)15-35-25(31)23(30)18-8-6-5-7-9-18/h5-13,23,30H,14-15H2,1-4H3/t23-,36+/m0/s1. The predicted molar refractivity (Wildman–Crippen MR) is 134 cm³/mol. The van der Waals surface area contributed by atoms with E-state index < -0.39 is 22.9 Å². The summed E-state index contributed by atoms with van der Waals surface area (Å²) in [5.41, 5.74) is 3.85. The molecule has 1 N–H and O–H groups in total. The first kappa shape index (κ1) is 25.3. The van der Waals surface area contributed by atoms with Crippen molar-refractivity contribution in [1.29, 1.82) is 0 Å². The number of carbonyl (C=O) groups is 1. The Morgan fingerprint density at radius 2 is 1.86 bits per heavy atom. The van der Waals surface area contributed by atoms with E-state index in [4.69, 9.17) is 14.2 Å². The van der Waals surface area contributed by atoms with E-state index in [-0.39, 0.29) is 17.6 Å². The number of nitrogens with zero attached hydrogens (tertiary/aromatic N) is 3. The quantitative estimate of drug-likeness (QED) is 0.341. The molecule has 0 aliphatic heterocycles. The number of imidazole rings is 1. The summed E-state index contributed by atoms with van der Waals surface area (Å²) in [4.78, 5) is 21.6. The van der Waals surface area contributed by atoms with Crippen LogP contribution in [-0.2, 0) is 32.8 Å². The molecule has 0 radical (unpaired) electrons. The molecule has 2 aromatic heterocycles. The number of aliphatic hydroxyl groups is 1. The molecule has 188 valence electrons. The molecule has 0 fully saturated rings. The van der Waals surface area contributed by atoms with E-state index in [1.807, 2.05) is 13.8 Å². The summed E-state index contributed by atoms with van der Waals surface area (Å²) < 4.78 is 31.3. The van der Waals surface area contributed by atoms with Crippen LogP contribution in [0.15, 0.2) is 59.9 Å². The van der Waals surface area contributed by atoms with E-state index in [0.29, 0.717) is 33.8 Å². The van der Waals surface area contributed by atoms with Crippen LogP contribution in [0.25, 0.3) is 11.0 Å². The van der Waals surface area contributed by atoms with Gasteiger partial charge in [0.05, 0.1) is 47.5 Å². The first-order valence-corrected chi connectivity index (χ1v) is 12.5. The third kappa shape index (κ3) is 5.09. The van der Waals surface area contributed by atoms with Gasteiger partial charge in [-0.1, -0.05) is 30.3 Å². The first-order valence-electron chi connectivity index (χ1n) is 11.2. The van der Waals surface area contributed by atoms with Crippen molar-refractivity contribution in [2.45, 2.75) is 37.6 Å².